The Morgan fingerprint density at radius 3 is 2.42 bits per heavy atom. The predicted octanol–water partition coefficient (Wildman–Crippen LogP) is 4.54. The summed E-state index contributed by atoms with van der Waals surface area (Å²) in [5.74, 6) is -4.93. The number of halogens is 6. The lowest BCUT2D eigenvalue weighted by atomic mass is 10.1. The summed E-state index contributed by atoms with van der Waals surface area (Å²) in [5, 5.41) is 6.49. The van der Waals surface area contributed by atoms with Gasteiger partial charge in [-0.1, -0.05) is 11.6 Å². The number of hydrogen-bond acceptors (Lipinski definition) is 3. The summed E-state index contributed by atoms with van der Waals surface area (Å²) in [6.45, 7) is 2.51. The Labute approximate surface area is 139 Å². The van der Waals surface area contributed by atoms with E-state index in [0.717, 1.165) is 0 Å². The number of nitrogens with zero attached hydrogens (tertiary/aromatic N) is 3. The fourth-order valence-electron chi connectivity index (χ4n) is 2.07. The Bertz CT molecular complexity index is 726. The number of aryl methyl sites for hydroxylation is 2. The third-order valence-corrected chi connectivity index (χ3v) is 3.64. The minimum absolute atomic E-state index is 0.0844. The van der Waals surface area contributed by atoms with Gasteiger partial charge in [0.05, 0.1) is 23.5 Å². The zero-order chi connectivity index (χ0) is 18.1. The van der Waals surface area contributed by atoms with Crippen LogP contribution in [0.4, 0.5) is 27.8 Å². The smallest absolute Gasteiger partial charge is 0.364 e. The summed E-state index contributed by atoms with van der Waals surface area (Å²) in [6.07, 6.45) is -2.79. The van der Waals surface area contributed by atoms with Crippen LogP contribution in [0, 0.1) is 6.92 Å². The van der Waals surface area contributed by atoms with Gasteiger partial charge in [0.1, 0.15) is 5.82 Å². The van der Waals surface area contributed by atoms with Gasteiger partial charge in [0.2, 0.25) is 0 Å². The fourth-order valence-corrected chi connectivity index (χ4v) is 2.32. The molecule has 0 fully saturated rings. The van der Waals surface area contributed by atoms with Crippen LogP contribution in [0.3, 0.4) is 0 Å². The molecular weight excluding hydrogens is 355 g/mol. The normalized spacial score (nSPS) is 12.5. The molecule has 4 nitrogen and oxygen atoms in total. The number of rotatable bonds is 5. The highest BCUT2D eigenvalue weighted by Gasteiger charge is 2.57. The van der Waals surface area contributed by atoms with Gasteiger partial charge in [0.25, 0.3) is 0 Å². The van der Waals surface area contributed by atoms with Gasteiger partial charge in [-0.15, -0.1) is 0 Å². The summed E-state index contributed by atoms with van der Waals surface area (Å²) < 4.78 is 64.0. The van der Waals surface area contributed by atoms with Crippen LogP contribution in [0.15, 0.2) is 18.5 Å². The molecule has 0 aliphatic rings. The summed E-state index contributed by atoms with van der Waals surface area (Å²) in [4.78, 5) is 3.89. The molecule has 0 spiro atoms. The molecule has 24 heavy (non-hydrogen) atoms. The molecule has 0 aliphatic carbocycles. The zero-order valence-electron chi connectivity index (χ0n) is 12.8. The summed E-state index contributed by atoms with van der Waals surface area (Å²) in [6, 6.07) is 1.38. The molecule has 0 amide bonds. The molecule has 0 bridgehead atoms. The molecule has 2 rings (SSSR count). The standard InChI is InChI=1S/C14H14ClF5N4/c1-3-24-12(10(15)6-23-24)9-5-21-11(4-8(9)2)22-7-13(16,17)14(18,19)20/h4-6H,3,7H2,1-2H3,(H,21,22). The number of pyridine rings is 1. The first-order chi connectivity index (χ1) is 11.1. The van der Waals surface area contributed by atoms with E-state index in [9.17, 15) is 22.0 Å². The Kier molecular flexibility index (Phi) is 5.03. The van der Waals surface area contributed by atoms with Gasteiger partial charge in [-0.2, -0.15) is 27.1 Å². The molecule has 0 aromatic carbocycles. The van der Waals surface area contributed by atoms with Crippen molar-refractivity contribution in [3.63, 3.8) is 0 Å². The monoisotopic (exact) mass is 368 g/mol. The quantitative estimate of drug-likeness (QED) is 0.788. The van der Waals surface area contributed by atoms with E-state index >= 15 is 0 Å². The molecule has 2 aromatic rings. The molecule has 0 aliphatic heterocycles. The number of hydrogen-bond donors (Lipinski definition) is 1. The predicted molar refractivity (Wildman–Crippen MR) is 80.4 cm³/mol. The number of aromatic nitrogens is 3. The molecule has 0 radical (unpaired) electrons. The van der Waals surface area contributed by atoms with E-state index in [2.05, 4.69) is 10.1 Å². The lowest BCUT2D eigenvalue weighted by Gasteiger charge is -2.20. The van der Waals surface area contributed by atoms with Crippen LogP contribution >= 0.6 is 11.6 Å². The summed E-state index contributed by atoms with van der Waals surface area (Å²) >= 11 is 6.09. The molecule has 10 heteroatoms. The molecule has 0 atom stereocenters. The van der Waals surface area contributed by atoms with Crippen LogP contribution in [0.1, 0.15) is 12.5 Å². The van der Waals surface area contributed by atoms with Crippen molar-refractivity contribution < 1.29 is 22.0 Å². The molecule has 132 valence electrons. The van der Waals surface area contributed by atoms with Gasteiger partial charge in [-0.3, -0.25) is 4.68 Å². The van der Waals surface area contributed by atoms with E-state index in [1.165, 1.54) is 18.5 Å². The highest BCUT2D eigenvalue weighted by Crippen LogP contribution is 2.35. The Hall–Kier alpha value is -1.90. The molecule has 0 saturated heterocycles. The topological polar surface area (TPSA) is 42.7 Å². The van der Waals surface area contributed by atoms with E-state index in [0.29, 0.717) is 28.4 Å². The van der Waals surface area contributed by atoms with Gasteiger partial charge in [-0.05, 0) is 25.5 Å². The van der Waals surface area contributed by atoms with Crippen molar-refractivity contribution in [2.75, 3.05) is 11.9 Å². The second-order valence-electron chi connectivity index (χ2n) is 5.10. The molecule has 2 aromatic heterocycles. The van der Waals surface area contributed by atoms with Crippen molar-refractivity contribution in [1.29, 1.82) is 0 Å². The van der Waals surface area contributed by atoms with E-state index in [-0.39, 0.29) is 5.82 Å². The van der Waals surface area contributed by atoms with Gasteiger partial charge in [0, 0.05) is 18.3 Å². The first-order valence-electron chi connectivity index (χ1n) is 6.93. The highest BCUT2D eigenvalue weighted by molar-refractivity contribution is 6.33. The van der Waals surface area contributed by atoms with Crippen LogP contribution in [0.2, 0.25) is 5.02 Å². The SMILES string of the molecule is CCn1ncc(Cl)c1-c1cnc(NCC(F)(F)C(F)(F)F)cc1C. The van der Waals surface area contributed by atoms with E-state index in [4.69, 9.17) is 11.6 Å². The lowest BCUT2D eigenvalue weighted by molar-refractivity contribution is -0.275. The average Bonchev–Trinajstić information content (AvgIpc) is 2.85. The Morgan fingerprint density at radius 1 is 1.21 bits per heavy atom. The molecule has 0 saturated carbocycles. The van der Waals surface area contributed by atoms with Crippen molar-refractivity contribution in [3.8, 4) is 11.3 Å². The van der Waals surface area contributed by atoms with E-state index < -0.39 is 18.6 Å². The lowest BCUT2D eigenvalue weighted by Crippen LogP contribution is -2.42. The van der Waals surface area contributed by atoms with Crippen LogP contribution < -0.4 is 5.32 Å². The van der Waals surface area contributed by atoms with E-state index in [1.54, 1.807) is 11.6 Å². The Balaban J connectivity index is 2.23. The molecule has 0 unspecified atom stereocenters. The third-order valence-electron chi connectivity index (χ3n) is 3.37. The van der Waals surface area contributed by atoms with Crippen LogP contribution in [0.5, 0.6) is 0 Å². The molecule has 1 N–H and O–H groups in total. The average molecular weight is 369 g/mol. The maximum Gasteiger partial charge on any atom is 0.455 e. The summed E-state index contributed by atoms with van der Waals surface area (Å²) in [7, 11) is 0. The van der Waals surface area contributed by atoms with Gasteiger partial charge in [-0.25, -0.2) is 4.98 Å². The minimum Gasteiger partial charge on any atom is -0.364 e. The maximum atomic E-state index is 12.9. The second kappa shape index (κ2) is 6.54. The summed E-state index contributed by atoms with van der Waals surface area (Å²) in [5.41, 5.74) is 1.84. The van der Waals surface area contributed by atoms with Crippen LogP contribution in [0.25, 0.3) is 11.3 Å². The first kappa shape index (κ1) is 18.4. The van der Waals surface area contributed by atoms with Crippen molar-refractivity contribution in [2.45, 2.75) is 32.5 Å². The third kappa shape index (κ3) is 3.61. The first-order valence-corrected chi connectivity index (χ1v) is 7.31. The zero-order valence-corrected chi connectivity index (χ0v) is 13.5. The van der Waals surface area contributed by atoms with Crippen LogP contribution in [-0.4, -0.2) is 33.4 Å². The fraction of sp³-hybridized carbons (Fsp3) is 0.429. The largest absolute Gasteiger partial charge is 0.455 e. The van der Waals surface area contributed by atoms with E-state index in [1.807, 2.05) is 12.2 Å². The van der Waals surface area contributed by atoms with Crippen LogP contribution in [-0.2, 0) is 6.54 Å². The van der Waals surface area contributed by atoms with Crippen molar-refractivity contribution in [2.24, 2.45) is 0 Å². The minimum atomic E-state index is -5.61. The van der Waals surface area contributed by atoms with Gasteiger partial charge < -0.3 is 5.32 Å². The molecular formula is C14H14ClF5N4. The van der Waals surface area contributed by atoms with Gasteiger partial charge in [0.15, 0.2) is 0 Å². The second-order valence-corrected chi connectivity index (χ2v) is 5.50. The number of anilines is 1. The van der Waals surface area contributed by atoms with Gasteiger partial charge >= 0.3 is 12.1 Å². The Morgan fingerprint density at radius 2 is 1.88 bits per heavy atom. The maximum absolute atomic E-state index is 12.9. The van der Waals surface area contributed by atoms with Crippen molar-refractivity contribution in [1.82, 2.24) is 14.8 Å². The van der Waals surface area contributed by atoms with Crippen molar-refractivity contribution >= 4 is 17.4 Å². The van der Waals surface area contributed by atoms with Crippen molar-refractivity contribution in [3.05, 3.63) is 29.0 Å². The molecule has 2 heterocycles. The number of alkyl halides is 5. The number of nitrogens with one attached hydrogen (secondary N) is 1. The highest BCUT2D eigenvalue weighted by atomic mass is 35.5.